The molecule has 0 aliphatic heterocycles. The molecule has 0 spiro atoms. The highest BCUT2D eigenvalue weighted by Gasteiger charge is 2.15. The Bertz CT molecular complexity index is 869. The predicted molar refractivity (Wildman–Crippen MR) is 113 cm³/mol. The Hall–Kier alpha value is -2.07. The van der Waals surface area contributed by atoms with Crippen molar-refractivity contribution in [1.29, 1.82) is 0 Å². The van der Waals surface area contributed by atoms with E-state index in [1.807, 2.05) is 30.5 Å². The van der Waals surface area contributed by atoms with E-state index in [9.17, 15) is 0 Å². The average Bonchev–Trinajstić information content (AvgIpc) is 3.16. The van der Waals surface area contributed by atoms with E-state index in [1.54, 1.807) is 0 Å². The maximum Gasteiger partial charge on any atom is 0.121 e. The first-order chi connectivity index (χ1) is 13.3. The normalized spacial score (nSPS) is 15.0. The number of halogens is 1. The number of ether oxygens (including phenoxy) is 1. The third-order valence-corrected chi connectivity index (χ3v) is 5.71. The van der Waals surface area contributed by atoms with Gasteiger partial charge in [-0.3, -0.25) is 4.68 Å². The Morgan fingerprint density at radius 1 is 1.00 bits per heavy atom. The summed E-state index contributed by atoms with van der Waals surface area (Å²) in [5, 5.41) is 4.60. The lowest BCUT2D eigenvalue weighted by Crippen LogP contribution is -2.14. The van der Waals surface area contributed by atoms with Gasteiger partial charge in [-0.1, -0.05) is 65.5 Å². The van der Waals surface area contributed by atoms with Gasteiger partial charge in [0.05, 0.1) is 6.20 Å². The molecule has 0 bridgehead atoms. The summed E-state index contributed by atoms with van der Waals surface area (Å²) in [6, 6.07) is 16.5. The Morgan fingerprint density at radius 2 is 1.81 bits per heavy atom. The van der Waals surface area contributed by atoms with Gasteiger partial charge in [-0.2, -0.15) is 5.10 Å². The minimum Gasteiger partial charge on any atom is -0.489 e. The summed E-state index contributed by atoms with van der Waals surface area (Å²) in [7, 11) is 0. The number of benzene rings is 2. The van der Waals surface area contributed by atoms with Crippen LogP contribution in [0.3, 0.4) is 0 Å². The van der Waals surface area contributed by atoms with Crippen LogP contribution in [-0.4, -0.2) is 9.78 Å². The molecule has 1 aliphatic rings. The predicted octanol–water partition coefficient (Wildman–Crippen LogP) is 6.47. The van der Waals surface area contributed by atoms with E-state index in [0.717, 1.165) is 33.8 Å². The fourth-order valence-corrected chi connectivity index (χ4v) is 4.27. The quantitative estimate of drug-likeness (QED) is 0.453. The molecule has 1 fully saturated rings. The van der Waals surface area contributed by atoms with Crippen LogP contribution in [0.4, 0.5) is 0 Å². The van der Waals surface area contributed by atoms with Crippen molar-refractivity contribution in [2.75, 3.05) is 0 Å². The van der Waals surface area contributed by atoms with Gasteiger partial charge in [-0.25, -0.2) is 0 Å². The lowest BCUT2D eigenvalue weighted by Gasteiger charge is -2.21. The first kappa shape index (κ1) is 18.3. The van der Waals surface area contributed by atoms with Crippen LogP contribution in [0.5, 0.6) is 5.75 Å². The third-order valence-electron chi connectivity index (χ3n) is 5.26. The highest BCUT2D eigenvalue weighted by molar-refractivity contribution is 9.10. The molecule has 3 aromatic rings. The molecule has 4 rings (SSSR count). The van der Waals surface area contributed by atoms with Crippen LogP contribution in [-0.2, 0) is 13.2 Å². The van der Waals surface area contributed by atoms with E-state index in [4.69, 9.17) is 4.74 Å². The first-order valence-corrected chi connectivity index (χ1v) is 10.6. The molecule has 1 aromatic heterocycles. The zero-order valence-electron chi connectivity index (χ0n) is 15.5. The molecule has 27 heavy (non-hydrogen) atoms. The molecule has 1 heterocycles. The fourth-order valence-electron chi connectivity index (χ4n) is 3.80. The SMILES string of the molecule is Brc1cc(OCc2ccccc2)cc(-c2cnn(CC3CCCCC3)c2)c1. The van der Waals surface area contributed by atoms with Crippen LogP contribution in [0.1, 0.15) is 37.7 Å². The topological polar surface area (TPSA) is 27.1 Å². The molecule has 0 saturated heterocycles. The van der Waals surface area contributed by atoms with Gasteiger partial charge in [0.1, 0.15) is 12.4 Å². The van der Waals surface area contributed by atoms with Crippen molar-refractivity contribution >= 4 is 15.9 Å². The number of nitrogens with zero attached hydrogens (tertiary/aromatic N) is 2. The number of aromatic nitrogens is 2. The molecule has 3 nitrogen and oxygen atoms in total. The Morgan fingerprint density at radius 3 is 2.63 bits per heavy atom. The molecule has 0 radical (unpaired) electrons. The Balaban J connectivity index is 1.46. The van der Waals surface area contributed by atoms with Crippen LogP contribution in [0.2, 0.25) is 0 Å². The van der Waals surface area contributed by atoms with E-state index >= 15 is 0 Å². The van der Waals surface area contributed by atoms with Gasteiger partial charge in [0, 0.05) is 22.8 Å². The maximum atomic E-state index is 6.01. The molecular formula is C23H25BrN2O. The summed E-state index contributed by atoms with van der Waals surface area (Å²) in [4.78, 5) is 0. The van der Waals surface area contributed by atoms with E-state index in [2.05, 4.69) is 56.2 Å². The van der Waals surface area contributed by atoms with E-state index in [0.29, 0.717) is 6.61 Å². The second-order valence-corrected chi connectivity index (χ2v) is 8.32. The van der Waals surface area contributed by atoms with E-state index in [-0.39, 0.29) is 0 Å². The van der Waals surface area contributed by atoms with Crippen LogP contribution < -0.4 is 4.74 Å². The van der Waals surface area contributed by atoms with Crippen molar-refractivity contribution in [3.63, 3.8) is 0 Å². The number of rotatable bonds is 6. The summed E-state index contributed by atoms with van der Waals surface area (Å²) in [5.74, 6) is 1.64. The Labute approximate surface area is 169 Å². The zero-order chi connectivity index (χ0) is 18.5. The second kappa shape index (κ2) is 8.75. The minimum absolute atomic E-state index is 0.567. The minimum atomic E-state index is 0.567. The number of hydrogen-bond acceptors (Lipinski definition) is 2. The highest BCUT2D eigenvalue weighted by Crippen LogP contribution is 2.30. The number of hydrogen-bond donors (Lipinski definition) is 0. The van der Waals surface area contributed by atoms with Gasteiger partial charge in [-0.15, -0.1) is 0 Å². The maximum absolute atomic E-state index is 6.01. The third kappa shape index (κ3) is 5.01. The van der Waals surface area contributed by atoms with Gasteiger partial charge < -0.3 is 4.74 Å². The summed E-state index contributed by atoms with van der Waals surface area (Å²) in [5.41, 5.74) is 3.43. The first-order valence-electron chi connectivity index (χ1n) is 9.76. The fraction of sp³-hybridized carbons (Fsp3) is 0.348. The molecule has 1 aliphatic carbocycles. The van der Waals surface area contributed by atoms with Crippen molar-refractivity contribution in [2.24, 2.45) is 5.92 Å². The monoisotopic (exact) mass is 424 g/mol. The van der Waals surface area contributed by atoms with E-state index < -0.39 is 0 Å². The van der Waals surface area contributed by atoms with Crippen LogP contribution in [0.25, 0.3) is 11.1 Å². The smallest absolute Gasteiger partial charge is 0.121 e. The second-order valence-electron chi connectivity index (χ2n) is 7.40. The van der Waals surface area contributed by atoms with Gasteiger partial charge in [0.25, 0.3) is 0 Å². The molecular weight excluding hydrogens is 400 g/mol. The van der Waals surface area contributed by atoms with Crippen LogP contribution in [0.15, 0.2) is 65.4 Å². The molecule has 1 saturated carbocycles. The highest BCUT2D eigenvalue weighted by atomic mass is 79.9. The summed E-state index contributed by atoms with van der Waals surface area (Å²) >= 11 is 3.62. The van der Waals surface area contributed by atoms with Crippen molar-refractivity contribution in [3.05, 3.63) is 71.0 Å². The van der Waals surface area contributed by atoms with Crippen molar-refractivity contribution in [1.82, 2.24) is 9.78 Å². The molecule has 0 unspecified atom stereocenters. The summed E-state index contributed by atoms with van der Waals surface area (Å²) in [6.07, 6.45) is 10.9. The zero-order valence-corrected chi connectivity index (χ0v) is 17.1. The van der Waals surface area contributed by atoms with E-state index in [1.165, 1.54) is 37.7 Å². The van der Waals surface area contributed by atoms with Crippen molar-refractivity contribution < 1.29 is 4.74 Å². The average molecular weight is 425 g/mol. The van der Waals surface area contributed by atoms with Crippen LogP contribution >= 0.6 is 15.9 Å². The molecule has 4 heteroatoms. The van der Waals surface area contributed by atoms with Crippen molar-refractivity contribution in [3.8, 4) is 16.9 Å². The summed E-state index contributed by atoms with van der Waals surface area (Å²) in [6.45, 7) is 1.60. The molecule has 0 N–H and O–H groups in total. The Kier molecular flexibility index (Phi) is 5.93. The van der Waals surface area contributed by atoms with Gasteiger partial charge in [0.15, 0.2) is 0 Å². The molecule has 0 atom stereocenters. The largest absolute Gasteiger partial charge is 0.489 e. The summed E-state index contributed by atoms with van der Waals surface area (Å²) < 4.78 is 9.13. The van der Waals surface area contributed by atoms with Crippen LogP contribution in [0, 0.1) is 5.92 Å². The van der Waals surface area contributed by atoms with Gasteiger partial charge in [-0.05, 0) is 48.1 Å². The van der Waals surface area contributed by atoms with Crippen molar-refractivity contribution in [2.45, 2.75) is 45.3 Å². The van der Waals surface area contributed by atoms with Gasteiger partial charge >= 0.3 is 0 Å². The lowest BCUT2D eigenvalue weighted by atomic mass is 9.89. The molecule has 140 valence electrons. The standard InChI is InChI=1S/C23H25BrN2O/c24-22-11-20(12-23(13-22)27-17-19-9-5-2-6-10-19)21-14-25-26(16-21)15-18-7-3-1-4-8-18/h2,5-6,9-14,16,18H,1,3-4,7-8,15,17H2. The van der Waals surface area contributed by atoms with Gasteiger partial charge in [0.2, 0.25) is 0 Å². The molecule has 2 aromatic carbocycles. The lowest BCUT2D eigenvalue weighted by molar-refractivity contribution is 0.306. The molecule has 0 amide bonds.